The number of carbonyl (C=O) groups is 1. The van der Waals surface area contributed by atoms with Crippen LogP contribution in [0.4, 0.5) is 5.69 Å². The monoisotopic (exact) mass is 193 g/mol. The number of phenolic OH excluding ortho intramolecular Hbond substituents is 1. The van der Waals surface area contributed by atoms with Crippen LogP contribution in [-0.4, -0.2) is 18.1 Å². The summed E-state index contributed by atoms with van der Waals surface area (Å²) in [7, 11) is 1.51. The Morgan fingerprint density at radius 2 is 2.21 bits per heavy atom. The molecule has 1 heterocycles. The molecule has 0 aliphatic carbocycles. The molecule has 0 bridgehead atoms. The fourth-order valence-corrected chi connectivity index (χ4v) is 1.61. The number of anilines is 1. The zero-order valence-corrected chi connectivity index (χ0v) is 7.83. The molecular formula is C10H11NO3. The average molecular weight is 193 g/mol. The van der Waals surface area contributed by atoms with Gasteiger partial charge in [-0.25, -0.2) is 0 Å². The van der Waals surface area contributed by atoms with E-state index in [1.807, 2.05) is 0 Å². The average Bonchev–Trinajstić information content (AvgIpc) is 2.17. The standard InChI is InChI=1S/C10H11NO3/c1-14-8-5-7(12)4-6-2-3-9(13)11-10(6)8/h4-5,12H,2-3H2,1H3,(H,11,13). The summed E-state index contributed by atoms with van der Waals surface area (Å²) in [6, 6.07) is 3.14. The van der Waals surface area contributed by atoms with Crippen molar-refractivity contribution in [3.05, 3.63) is 17.7 Å². The maximum Gasteiger partial charge on any atom is 0.224 e. The molecule has 1 amide bonds. The second kappa shape index (κ2) is 3.21. The fraction of sp³-hybridized carbons (Fsp3) is 0.300. The minimum absolute atomic E-state index is 0.0125. The molecule has 1 aliphatic heterocycles. The Kier molecular flexibility index (Phi) is 2.04. The van der Waals surface area contributed by atoms with Crippen molar-refractivity contribution in [3.8, 4) is 11.5 Å². The van der Waals surface area contributed by atoms with Gasteiger partial charge in [-0.05, 0) is 18.1 Å². The molecule has 0 unspecified atom stereocenters. The van der Waals surface area contributed by atoms with Crippen LogP contribution in [0.3, 0.4) is 0 Å². The van der Waals surface area contributed by atoms with Crippen molar-refractivity contribution in [1.82, 2.24) is 0 Å². The van der Waals surface area contributed by atoms with Crippen LogP contribution in [-0.2, 0) is 11.2 Å². The van der Waals surface area contributed by atoms with Gasteiger partial charge in [-0.15, -0.1) is 0 Å². The van der Waals surface area contributed by atoms with Crippen LogP contribution in [0.1, 0.15) is 12.0 Å². The molecule has 0 spiro atoms. The highest BCUT2D eigenvalue weighted by atomic mass is 16.5. The minimum Gasteiger partial charge on any atom is -0.508 e. The number of carbonyl (C=O) groups excluding carboxylic acids is 1. The molecule has 0 radical (unpaired) electrons. The van der Waals surface area contributed by atoms with Gasteiger partial charge in [-0.3, -0.25) is 4.79 Å². The van der Waals surface area contributed by atoms with E-state index < -0.39 is 0 Å². The molecule has 14 heavy (non-hydrogen) atoms. The molecule has 2 N–H and O–H groups in total. The fourth-order valence-electron chi connectivity index (χ4n) is 1.61. The number of hydrogen-bond acceptors (Lipinski definition) is 3. The molecule has 0 aromatic heterocycles. The lowest BCUT2D eigenvalue weighted by Crippen LogP contribution is -2.19. The first-order chi connectivity index (χ1) is 6.70. The summed E-state index contributed by atoms with van der Waals surface area (Å²) in [6.45, 7) is 0. The van der Waals surface area contributed by atoms with Gasteiger partial charge in [-0.1, -0.05) is 0 Å². The molecule has 0 fully saturated rings. The van der Waals surface area contributed by atoms with Crippen LogP contribution in [0.25, 0.3) is 0 Å². The smallest absolute Gasteiger partial charge is 0.224 e. The van der Waals surface area contributed by atoms with Crippen molar-refractivity contribution in [3.63, 3.8) is 0 Å². The zero-order valence-electron chi connectivity index (χ0n) is 7.83. The van der Waals surface area contributed by atoms with E-state index in [2.05, 4.69) is 5.32 Å². The lowest BCUT2D eigenvalue weighted by Gasteiger charge is -2.19. The number of phenols is 1. The highest BCUT2D eigenvalue weighted by Crippen LogP contribution is 2.35. The van der Waals surface area contributed by atoms with Crippen molar-refractivity contribution < 1.29 is 14.6 Å². The van der Waals surface area contributed by atoms with E-state index >= 15 is 0 Å². The van der Waals surface area contributed by atoms with Crippen LogP contribution in [0.15, 0.2) is 12.1 Å². The zero-order chi connectivity index (χ0) is 10.1. The van der Waals surface area contributed by atoms with Gasteiger partial charge in [0.25, 0.3) is 0 Å². The summed E-state index contributed by atoms with van der Waals surface area (Å²) in [5.41, 5.74) is 1.60. The Morgan fingerprint density at radius 3 is 2.93 bits per heavy atom. The quantitative estimate of drug-likeness (QED) is 0.660. The van der Waals surface area contributed by atoms with Gasteiger partial charge in [0.05, 0.1) is 12.8 Å². The highest BCUT2D eigenvalue weighted by Gasteiger charge is 2.19. The molecular weight excluding hydrogens is 182 g/mol. The number of aromatic hydroxyl groups is 1. The summed E-state index contributed by atoms with van der Waals surface area (Å²) >= 11 is 0. The third kappa shape index (κ3) is 1.39. The number of ether oxygens (including phenoxy) is 1. The molecule has 0 atom stereocenters. The second-order valence-corrected chi connectivity index (χ2v) is 3.23. The van der Waals surface area contributed by atoms with E-state index in [4.69, 9.17) is 4.74 Å². The highest BCUT2D eigenvalue weighted by molar-refractivity contribution is 5.95. The van der Waals surface area contributed by atoms with Crippen LogP contribution in [0.2, 0.25) is 0 Å². The third-order valence-electron chi connectivity index (χ3n) is 2.27. The molecule has 4 nitrogen and oxygen atoms in total. The molecule has 2 rings (SSSR count). The van der Waals surface area contributed by atoms with Gasteiger partial charge in [0.15, 0.2) is 0 Å². The molecule has 4 heteroatoms. The topological polar surface area (TPSA) is 58.6 Å². The Labute approximate surface area is 81.5 Å². The van der Waals surface area contributed by atoms with Gasteiger partial charge >= 0.3 is 0 Å². The first kappa shape index (κ1) is 8.87. The molecule has 0 saturated carbocycles. The number of aryl methyl sites for hydroxylation is 1. The summed E-state index contributed by atoms with van der Waals surface area (Å²) in [6.07, 6.45) is 1.10. The van der Waals surface area contributed by atoms with E-state index in [1.54, 1.807) is 6.07 Å². The summed E-state index contributed by atoms with van der Waals surface area (Å²) < 4.78 is 5.07. The SMILES string of the molecule is COc1cc(O)cc2c1NC(=O)CC2. The van der Waals surface area contributed by atoms with Gasteiger partial charge < -0.3 is 15.2 Å². The minimum atomic E-state index is -0.0125. The first-order valence-electron chi connectivity index (χ1n) is 4.40. The lowest BCUT2D eigenvalue weighted by molar-refractivity contribution is -0.116. The number of benzene rings is 1. The molecule has 0 saturated heterocycles. The van der Waals surface area contributed by atoms with E-state index in [1.165, 1.54) is 13.2 Å². The van der Waals surface area contributed by atoms with Crippen LogP contribution < -0.4 is 10.1 Å². The Balaban J connectivity index is 2.52. The first-order valence-corrected chi connectivity index (χ1v) is 4.40. The van der Waals surface area contributed by atoms with Gasteiger partial charge in [0.2, 0.25) is 5.91 Å². The largest absolute Gasteiger partial charge is 0.508 e. The van der Waals surface area contributed by atoms with E-state index in [-0.39, 0.29) is 11.7 Å². The normalized spacial score (nSPS) is 14.5. The maximum atomic E-state index is 11.1. The van der Waals surface area contributed by atoms with Crippen molar-refractivity contribution in [2.24, 2.45) is 0 Å². The Hall–Kier alpha value is -1.71. The van der Waals surface area contributed by atoms with E-state index in [0.717, 1.165) is 5.56 Å². The number of amides is 1. The molecule has 1 aromatic carbocycles. The maximum absolute atomic E-state index is 11.1. The molecule has 1 aromatic rings. The van der Waals surface area contributed by atoms with Crippen molar-refractivity contribution >= 4 is 11.6 Å². The van der Waals surface area contributed by atoms with Gasteiger partial charge in [-0.2, -0.15) is 0 Å². The third-order valence-corrected chi connectivity index (χ3v) is 2.27. The van der Waals surface area contributed by atoms with Crippen molar-refractivity contribution in [2.75, 3.05) is 12.4 Å². The van der Waals surface area contributed by atoms with E-state index in [0.29, 0.717) is 24.3 Å². The molecule has 1 aliphatic rings. The predicted molar refractivity (Wildman–Crippen MR) is 51.6 cm³/mol. The van der Waals surface area contributed by atoms with Gasteiger partial charge in [0.1, 0.15) is 11.5 Å². The molecule has 74 valence electrons. The number of fused-ring (bicyclic) bond motifs is 1. The van der Waals surface area contributed by atoms with Crippen LogP contribution in [0, 0.1) is 0 Å². The number of hydrogen-bond donors (Lipinski definition) is 2. The summed E-state index contributed by atoms with van der Waals surface area (Å²) in [4.78, 5) is 11.1. The van der Waals surface area contributed by atoms with Crippen molar-refractivity contribution in [1.29, 1.82) is 0 Å². The van der Waals surface area contributed by atoms with E-state index in [9.17, 15) is 9.90 Å². The Morgan fingerprint density at radius 1 is 1.43 bits per heavy atom. The number of methoxy groups -OCH3 is 1. The Bertz CT molecular complexity index is 370. The summed E-state index contributed by atoms with van der Waals surface area (Å²) in [5.74, 6) is 0.659. The lowest BCUT2D eigenvalue weighted by atomic mass is 10.0. The van der Waals surface area contributed by atoms with Crippen LogP contribution in [0.5, 0.6) is 11.5 Å². The number of rotatable bonds is 1. The summed E-state index contributed by atoms with van der Waals surface area (Å²) in [5, 5.41) is 12.1. The second-order valence-electron chi connectivity index (χ2n) is 3.23. The van der Waals surface area contributed by atoms with Crippen molar-refractivity contribution in [2.45, 2.75) is 12.8 Å². The van der Waals surface area contributed by atoms with Gasteiger partial charge in [0, 0.05) is 12.5 Å². The van der Waals surface area contributed by atoms with Crippen LogP contribution >= 0.6 is 0 Å². The number of nitrogens with one attached hydrogen (secondary N) is 1. The predicted octanol–water partition coefficient (Wildman–Crippen LogP) is 1.29.